The molecule has 1 spiro atoms. The summed E-state index contributed by atoms with van der Waals surface area (Å²) in [6, 6.07) is 0. The highest BCUT2D eigenvalue weighted by Crippen LogP contribution is 2.58. The van der Waals surface area contributed by atoms with Crippen molar-refractivity contribution >= 4 is 0 Å². The summed E-state index contributed by atoms with van der Waals surface area (Å²) >= 11 is 0. The van der Waals surface area contributed by atoms with Crippen LogP contribution in [0.5, 0.6) is 0 Å². The summed E-state index contributed by atoms with van der Waals surface area (Å²) < 4.78 is 26.1. The molecule has 1 atom stereocenters. The van der Waals surface area contributed by atoms with Crippen molar-refractivity contribution in [3.8, 4) is 0 Å². The Morgan fingerprint density at radius 3 is 2.09 bits per heavy atom. The van der Waals surface area contributed by atoms with Gasteiger partial charge in [0.2, 0.25) is 0 Å². The van der Waals surface area contributed by atoms with Crippen LogP contribution in [0.25, 0.3) is 0 Å². The number of hydrogen-bond acceptors (Lipinski definition) is 1. The molecule has 2 aliphatic rings. The van der Waals surface area contributed by atoms with E-state index in [4.69, 9.17) is 0 Å². The maximum atomic E-state index is 13.0. The zero-order valence-corrected chi connectivity index (χ0v) is 6.74. The molecule has 0 bridgehead atoms. The Balaban J connectivity index is 2.13. The molecule has 1 saturated carbocycles. The third kappa shape index (κ3) is 0.835. The lowest BCUT2D eigenvalue weighted by Crippen LogP contribution is -2.52. The molecule has 2 rings (SSSR count). The molecule has 0 aromatic heterocycles. The fourth-order valence-corrected chi connectivity index (χ4v) is 2.25. The lowest BCUT2D eigenvalue weighted by molar-refractivity contribution is -0.194. The van der Waals surface area contributed by atoms with Crippen molar-refractivity contribution in [2.45, 2.75) is 25.2 Å². The molecular formula is C8H13F2N. The monoisotopic (exact) mass is 161 g/mol. The van der Waals surface area contributed by atoms with Gasteiger partial charge in [0.15, 0.2) is 0 Å². The molecular weight excluding hydrogens is 148 g/mol. The molecule has 3 heteroatoms. The Bertz CT molecular complexity index is 181. The fraction of sp³-hybridized carbons (Fsp3) is 1.00. The van der Waals surface area contributed by atoms with Crippen LogP contribution in [0.15, 0.2) is 0 Å². The van der Waals surface area contributed by atoms with Crippen LogP contribution in [0, 0.1) is 5.41 Å². The van der Waals surface area contributed by atoms with Gasteiger partial charge in [-0.3, -0.25) is 0 Å². The van der Waals surface area contributed by atoms with E-state index in [1.54, 1.807) is 0 Å². The number of alkyl halides is 2. The first-order valence-corrected chi connectivity index (χ1v) is 4.12. The van der Waals surface area contributed by atoms with Crippen molar-refractivity contribution in [1.82, 2.24) is 4.90 Å². The molecule has 11 heavy (non-hydrogen) atoms. The van der Waals surface area contributed by atoms with E-state index in [1.165, 1.54) is 0 Å². The maximum Gasteiger partial charge on any atom is 0.254 e. The van der Waals surface area contributed by atoms with Gasteiger partial charge in [0.05, 0.1) is 0 Å². The van der Waals surface area contributed by atoms with Gasteiger partial charge in [-0.25, -0.2) is 8.78 Å². The average Bonchev–Trinajstić information content (AvgIpc) is 2.32. The van der Waals surface area contributed by atoms with Crippen molar-refractivity contribution in [1.29, 1.82) is 0 Å². The average molecular weight is 161 g/mol. The Hall–Kier alpha value is -0.180. The number of nitrogens with zero attached hydrogens (tertiary/aromatic N) is 1. The van der Waals surface area contributed by atoms with Crippen LogP contribution < -0.4 is 0 Å². The molecule has 0 aromatic carbocycles. The van der Waals surface area contributed by atoms with Crippen molar-refractivity contribution < 1.29 is 8.78 Å². The van der Waals surface area contributed by atoms with E-state index in [-0.39, 0.29) is 6.42 Å². The summed E-state index contributed by atoms with van der Waals surface area (Å²) in [5.41, 5.74) is -0.623. The summed E-state index contributed by atoms with van der Waals surface area (Å²) in [6.45, 7) is 1.44. The molecule has 1 unspecified atom stereocenters. The van der Waals surface area contributed by atoms with Gasteiger partial charge in [-0.15, -0.1) is 0 Å². The maximum absolute atomic E-state index is 13.0. The summed E-state index contributed by atoms with van der Waals surface area (Å²) in [5.74, 6) is -2.36. The Morgan fingerprint density at radius 2 is 1.91 bits per heavy atom. The minimum absolute atomic E-state index is 0.112. The van der Waals surface area contributed by atoms with Crippen LogP contribution in [0.2, 0.25) is 0 Å². The van der Waals surface area contributed by atoms with Gasteiger partial charge < -0.3 is 4.90 Å². The van der Waals surface area contributed by atoms with E-state index in [9.17, 15) is 8.78 Å². The second kappa shape index (κ2) is 1.94. The van der Waals surface area contributed by atoms with Crippen LogP contribution in [0.3, 0.4) is 0 Å². The Labute approximate surface area is 65.4 Å². The summed E-state index contributed by atoms with van der Waals surface area (Å²) in [4.78, 5) is 2.01. The van der Waals surface area contributed by atoms with Crippen molar-refractivity contribution in [3.63, 3.8) is 0 Å². The third-order valence-electron chi connectivity index (χ3n) is 3.24. The zero-order valence-electron chi connectivity index (χ0n) is 6.74. The van der Waals surface area contributed by atoms with Crippen molar-refractivity contribution in [2.75, 3.05) is 20.1 Å². The standard InChI is InChI=1S/C8H13F2N/c1-11-5-4-7(6-11)2-3-8(7,9)10/h2-6H2,1H3. The van der Waals surface area contributed by atoms with E-state index < -0.39 is 11.3 Å². The largest absolute Gasteiger partial charge is 0.306 e. The molecule has 0 aromatic rings. The van der Waals surface area contributed by atoms with Crippen molar-refractivity contribution in [3.05, 3.63) is 0 Å². The van der Waals surface area contributed by atoms with Crippen LogP contribution >= 0.6 is 0 Å². The first-order chi connectivity index (χ1) is 5.06. The van der Waals surface area contributed by atoms with E-state index in [2.05, 4.69) is 0 Å². The number of rotatable bonds is 0. The highest BCUT2D eigenvalue weighted by atomic mass is 19.3. The highest BCUT2D eigenvalue weighted by Gasteiger charge is 2.62. The van der Waals surface area contributed by atoms with E-state index >= 15 is 0 Å². The first kappa shape index (κ1) is 7.47. The predicted octanol–water partition coefficient (Wildman–Crippen LogP) is 1.74. The van der Waals surface area contributed by atoms with E-state index in [1.807, 2.05) is 11.9 Å². The summed E-state index contributed by atoms with van der Waals surface area (Å²) in [6.07, 6.45) is 1.53. The summed E-state index contributed by atoms with van der Waals surface area (Å²) in [7, 11) is 1.92. The molecule has 1 aliphatic carbocycles. The quantitative estimate of drug-likeness (QED) is 0.523. The molecule has 64 valence electrons. The van der Waals surface area contributed by atoms with E-state index in [0.717, 1.165) is 13.0 Å². The van der Waals surface area contributed by atoms with Crippen LogP contribution in [-0.4, -0.2) is 31.0 Å². The number of likely N-dealkylation sites (tertiary alicyclic amines) is 1. The summed E-state index contributed by atoms with van der Waals surface area (Å²) in [5, 5.41) is 0. The molecule has 2 fully saturated rings. The zero-order chi connectivity index (χ0) is 8.11. The molecule has 1 heterocycles. The van der Waals surface area contributed by atoms with Gasteiger partial charge in [-0.1, -0.05) is 0 Å². The van der Waals surface area contributed by atoms with Gasteiger partial charge >= 0.3 is 0 Å². The third-order valence-corrected chi connectivity index (χ3v) is 3.24. The molecule has 1 aliphatic heterocycles. The Kier molecular flexibility index (Phi) is 1.32. The minimum atomic E-state index is -2.36. The SMILES string of the molecule is CN1CCC2(CCC2(F)F)C1. The molecule has 0 N–H and O–H groups in total. The van der Waals surface area contributed by atoms with Crippen LogP contribution in [0.4, 0.5) is 8.78 Å². The molecule has 1 saturated heterocycles. The van der Waals surface area contributed by atoms with Gasteiger partial charge in [-0.2, -0.15) is 0 Å². The van der Waals surface area contributed by atoms with Crippen LogP contribution in [-0.2, 0) is 0 Å². The molecule has 1 nitrogen and oxygen atoms in total. The minimum Gasteiger partial charge on any atom is -0.306 e. The number of hydrogen-bond donors (Lipinski definition) is 0. The van der Waals surface area contributed by atoms with Gasteiger partial charge in [0.25, 0.3) is 5.92 Å². The normalized spacial score (nSPS) is 42.8. The topological polar surface area (TPSA) is 3.24 Å². The van der Waals surface area contributed by atoms with E-state index in [0.29, 0.717) is 13.0 Å². The number of halogens is 2. The van der Waals surface area contributed by atoms with Gasteiger partial charge in [0, 0.05) is 18.4 Å². The second-order valence-electron chi connectivity index (χ2n) is 3.97. The molecule has 0 amide bonds. The highest BCUT2D eigenvalue weighted by molar-refractivity contribution is 5.06. The smallest absolute Gasteiger partial charge is 0.254 e. The lowest BCUT2D eigenvalue weighted by Gasteiger charge is -2.46. The van der Waals surface area contributed by atoms with Crippen molar-refractivity contribution in [2.24, 2.45) is 5.41 Å². The first-order valence-electron chi connectivity index (χ1n) is 4.12. The van der Waals surface area contributed by atoms with Crippen LogP contribution in [0.1, 0.15) is 19.3 Å². The lowest BCUT2D eigenvalue weighted by atomic mass is 9.64. The Morgan fingerprint density at radius 1 is 1.18 bits per heavy atom. The second-order valence-corrected chi connectivity index (χ2v) is 3.97. The van der Waals surface area contributed by atoms with Gasteiger partial charge in [0.1, 0.15) is 0 Å². The predicted molar refractivity (Wildman–Crippen MR) is 38.7 cm³/mol. The van der Waals surface area contributed by atoms with Gasteiger partial charge in [-0.05, 0) is 26.4 Å². The fourth-order valence-electron chi connectivity index (χ4n) is 2.25. The molecule has 0 radical (unpaired) electrons.